The van der Waals surface area contributed by atoms with E-state index in [1.54, 1.807) is 31.4 Å². The minimum absolute atomic E-state index is 0.462. The molecule has 120 valence electrons. The van der Waals surface area contributed by atoms with E-state index in [1.807, 2.05) is 30.3 Å². The Bertz CT molecular complexity index is 639. The zero-order chi connectivity index (χ0) is 16.5. The topological polar surface area (TPSA) is 67.4 Å². The van der Waals surface area contributed by atoms with Gasteiger partial charge in [-0.3, -0.25) is 9.59 Å². The van der Waals surface area contributed by atoms with E-state index in [0.717, 1.165) is 12.8 Å². The maximum Gasteiger partial charge on any atom is 0.313 e. The lowest BCUT2D eigenvalue weighted by Crippen LogP contribution is -2.36. The summed E-state index contributed by atoms with van der Waals surface area (Å²) in [6, 6.07) is 16.8. The highest BCUT2D eigenvalue weighted by Crippen LogP contribution is 2.14. The van der Waals surface area contributed by atoms with E-state index in [0.29, 0.717) is 18.0 Å². The summed E-state index contributed by atoms with van der Waals surface area (Å²) in [5.74, 6) is -0.614. The molecule has 0 fully saturated rings. The Labute approximate surface area is 135 Å². The monoisotopic (exact) mass is 312 g/mol. The third-order valence-corrected chi connectivity index (χ3v) is 3.32. The van der Waals surface area contributed by atoms with Crippen molar-refractivity contribution in [1.82, 2.24) is 5.32 Å². The van der Waals surface area contributed by atoms with Crippen LogP contribution < -0.4 is 15.4 Å². The summed E-state index contributed by atoms with van der Waals surface area (Å²) in [7, 11) is 1.57. The molecular weight excluding hydrogens is 292 g/mol. The van der Waals surface area contributed by atoms with Crippen LogP contribution in [0.2, 0.25) is 0 Å². The molecule has 0 aromatic heterocycles. The molecule has 0 spiro atoms. The smallest absolute Gasteiger partial charge is 0.313 e. The van der Waals surface area contributed by atoms with E-state index >= 15 is 0 Å². The number of anilines is 1. The van der Waals surface area contributed by atoms with Crippen LogP contribution in [-0.2, 0) is 16.0 Å². The second-order valence-corrected chi connectivity index (χ2v) is 5.03. The van der Waals surface area contributed by atoms with Crippen LogP contribution in [0.5, 0.6) is 5.75 Å². The lowest BCUT2D eigenvalue weighted by atomic mass is 10.1. The molecular formula is C18H20N2O3. The summed E-state index contributed by atoms with van der Waals surface area (Å²) < 4.78 is 5.03. The number of rotatable bonds is 6. The summed E-state index contributed by atoms with van der Waals surface area (Å²) in [5, 5.41) is 5.16. The van der Waals surface area contributed by atoms with E-state index in [4.69, 9.17) is 4.74 Å². The van der Waals surface area contributed by atoms with Crippen molar-refractivity contribution in [3.8, 4) is 5.75 Å². The summed E-state index contributed by atoms with van der Waals surface area (Å²) in [6.07, 6.45) is 1.65. The van der Waals surface area contributed by atoms with Gasteiger partial charge in [-0.05, 0) is 42.7 Å². The quantitative estimate of drug-likeness (QED) is 0.636. The number of hydrogen-bond donors (Lipinski definition) is 2. The van der Waals surface area contributed by atoms with E-state index in [-0.39, 0.29) is 0 Å². The predicted molar refractivity (Wildman–Crippen MR) is 89.4 cm³/mol. The number of methoxy groups -OCH3 is 1. The standard InChI is InChI=1S/C18H20N2O3/c1-23-16-11-9-15(10-12-16)20-18(22)17(21)19-13-5-8-14-6-3-2-4-7-14/h2-4,6-7,9-12H,5,8,13H2,1H3,(H,19,21)(H,20,22). The maximum absolute atomic E-state index is 11.8. The van der Waals surface area contributed by atoms with Gasteiger partial charge in [-0.25, -0.2) is 0 Å². The number of amides is 2. The third-order valence-electron chi connectivity index (χ3n) is 3.32. The average Bonchev–Trinajstić information content (AvgIpc) is 2.60. The second kappa shape index (κ2) is 8.58. The molecule has 0 aliphatic rings. The highest BCUT2D eigenvalue weighted by Gasteiger charge is 2.12. The largest absolute Gasteiger partial charge is 0.497 e. The molecule has 23 heavy (non-hydrogen) atoms. The van der Waals surface area contributed by atoms with Crippen molar-refractivity contribution < 1.29 is 14.3 Å². The normalized spacial score (nSPS) is 9.96. The molecule has 0 bridgehead atoms. The summed E-state index contributed by atoms with van der Waals surface area (Å²) in [6.45, 7) is 0.462. The second-order valence-electron chi connectivity index (χ2n) is 5.03. The third kappa shape index (κ3) is 5.47. The van der Waals surface area contributed by atoms with E-state index < -0.39 is 11.8 Å². The van der Waals surface area contributed by atoms with Crippen LogP contribution in [0, 0.1) is 0 Å². The van der Waals surface area contributed by atoms with Crippen molar-refractivity contribution >= 4 is 17.5 Å². The number of carbonyl (C=O) groups is 2. The average molecular weight is 312 g/mol. The molecule has 0 heterocycles. The van der Waals surface area contributed by atoms with Gasteiger partial charge in [-0.2, -0.15) is 0 Å². The lowest BCUT2D eigenvalue weighted by Gasteiger charge is -2.07. The molecule has 0 aliphatic heterocycles. The minimum atomic E-state index is -0.671. The lowest BCUT2D eigenvalue weighted by molar-refractivity contribution is -0.136. The van der Waals surface area contributed by atoms with Gasteiger partial charge in [0.05, 0.1) is 7.11 Å². The fraction of sp³-hybridized carbons (Fsp3) is 0.222. The molecule has 0 unspecified atom stereocenters. The van der Waals surface area contributed by atoms with Crippen molar-refractivity contribution in [2.24, 2.45) is 0 Å². The first-order valence-electron chi connectivity index (χ1n) is 7.46. The molecule has 2 rings (SSSR count). The molecule has 0 radical (unpaired) electrons. The van der Waals surface area contributed by atoms with Crippen molar-refractivity contribution in [3.05, 3.63) is 60.2 Å². The van der Waals surface area contributed by atoms with Gasteiger partial charge in [0.25, 0.3) is 0 Å². The number of carbonyl (C=O) groups excluding carboxylic acids is 2. The van der Waals surface area contributed by atoms with Crippen LogP contribution in [0.4, 0.5) is 5.69 Å². The zero-order valence-corrected chi connectivity index (χ0v) is 13.0. The zero-order valence-electron chi connectivity index (χ0n) is 13.0. The number of nitrogens with one attached hydrogen (secondary N) is 2. The van der Waals surface area contributed by atoms with Crippen molar-refractivity contribution in [1.29, 1.82) is 0 Å². The van der Waals surface area contributed by atoms with Crippen molar-refractivity contribution in [3.63, 3.8) is 0 Å². The van der Waals surface area contributed by atoms with Gasteiger partial charge in [0.1, 0.15) is 5.75 Å². The Balaban J connectivity index is 1.71. The Morgan fingerprint density at radius 1 is 0.957 bits per heavy atom. The van der Waals surface area contributed by atoms with E-state index in [1.165, 1.54) is 5.56 Å². The molecule has 0 saturated heterocycles. The SMILES string of the molecule is COc1ccc(NC(=O)C(=O)NCCCc2ccccc2)cc1. The van der Waals surface area contributed by atoms with Crippen LogP contribution >= 0.6 is 0 Å². The maximum atomic E-state index is 11.8. The first kappa shape index (κ1) is 16.5. The van der Waals surface area contributed by atoms with Gasteiger partial charge in [-0.1, -0.05) is 30.3 Å². The molecule has 2 aromatic carbocycles. The van der Waals surface area contributed by atoms with Gasteiger partial charge in [0, 0.05) is 12.2 Å². The van der Waals surface area contributed by atoms with E-state index in [9.17, 15) is 9.59 Å². The Kier molecular flexibility index (Phi) is 6.17. The number of ether oxygens (including phenoxy) is 1. The Morgan fingerprint density at radius 3 is 2.30 bits per heavy atom. The van der Waals surface area contributed by atoms with Crippen LogP contribution in [0.1, 0.15) is 12.0 Å². The van der Waals surface area contributed by atoms with Crippen LogP contribution in [0.15, 0.2) is 54.6 Å². The molecule has 2 amide bonds. The minimum Gasteiger partial charge on any atom is -0.497 e. The fourth-order valence-corrected chi connectivity index (χ4v) is 2.08. The Morgan fingerprint density at radius 2 is 1.65 bits per heavy atom. The molecule has 5 heteroatoms. The van der Waals surface area contributed by atoms with Gasteiger partial charge in [-0.15, -0.1) is 0 Å². The van der Waals surface area contributed by atoms with Crippen LogP contribution in [0.3, 0.4) is 0 Å². The van der Waals surface area contributed by atoms with Gasteiger partial charge >= 0.3 is 11.8 Å². The number of aryl methyl sites for hydroxylation is 1. The Hall–Kier alpha value is -2.82. The highest BCUT2D eigenvalue weighted by molar-refractivity contribution is 6.39. The first-order chi connectivity index (χ1) is 11.2. The number of hydrogen-bond acceptors (Lipinski definition) is 3. The summed E-state index contributed by atoms with van der Waals surface area (Å²) in [4.78, 5) is 23.5. The van der Waals surface area contributed by atoms with Gasteiger partial charge in [0.2, 0.25) is 0 Å². The first-order valence-corrected chi connectivity index (χ1v) is 7.46. The molecule has 0 atom stereocenters. The van der Waals surface area contributed by atoms with Gasteiger partial charge in [0.15, 0.2) is 0 Å². The van der Waals surface area contributed by atoms with Gasteiger partial charge < -0.3 is 15.4 Å². The molecule has 0 aliphatic carbocycles. The van der Waals surface area contributed by atoms with Crippen LogP contribution in [-0.4, -0.2) is 25.5 Å². The van der Waals surface area contributed by atoms with Crippen molar-refractivity contribution in [2.75, 3.05) is 19.0 Å². The molecule has 2 aromatic rings. The van der Waals surface area contributed by atoms with Crippen molar-refractivity contribution in [2.45, 2.75) is 12.8 Å². The fourth-order valence-electron chi connectivity index (χ4n) is 2.08. The molecule has 0 saturated carbocycles. The number of benzene rings is 2. The van der Waals surface area contributed by atoms with Crippen LogP contribution in [0.25, 0.3) is 0 Å². The summed E-state index contributed by atoms with van der Waals surface area (Å²) >= 11 is 0. The molecule has 5 nitrogen and oxygen atoms in total. The highest BCUT2D eigenvalue weighted by atomic mass is 16.5. The predicted octanol–water partition coefficient (Wildman–Crippen LogP) is 2.38. The molecule has 2 N–H and O–H groups in total. The van der Waals surface area contributed by atoms with E-state index in [2.05, 4.69) is 10.6 Å². The summed E-state index contributed by atoms with van der Waals surface area (Å²) in [5.41, 5.74) is 1.76.